The molecule has 14 rings (SSSR count). The minimum atomic E-state index is -0.217. The van der Waals surface area contributed by atoms with Crippen LogP contribution in [-0.2, 0) is 37.9 Å². The van der Waals surface area contributed by atoms with E-state index in [0.717, 1.165) is 47.0 Å². The molecule has 2 atom stereocenters. The summed E-state index contributed by atoms with van der Waals surface area (Å²) in [4.78, 5) is 10.8. The molecule has 3 heterocycles. The molecule has 9 aromatic carbocycles. The highest BCUT2D eigenvalue weighted by molar-refractivity contribution is 7.00. The molecule has 0 radical (unpaired) electrons. The van der Waals surface area contributed by atoms with Crippen molar-refractivity contribution in [1.29, 1.82) is 0 Å². The van der Waals surface area contributed by atoms with E-state index < -0.39 is 0 Å². The van der Waals surface area contributed by atoms with Crippen molar-refractivity contribution in [2.75, 3.05) is 19.6 Å². The van der Waals surface area contributed by atoms with Gasteiger partial charge in [-0.3, -0.25) is 0 Å². The van der Waals surface area contributed by atoms with Gasteiger partial charge in [-0.1, -0.05) is 241 Å². The van der Waals surface area contributed by atoms with Crippen LogP contribution in [0, 0.1) is 0 Å². The molecule has 1 fully saturated rings. The fraction of sp³-hybridized carbons (Fsp3) is 0.365. The normalized spacial score (nSPS) is 18.8. The Bertz CT molecular complexity index is 4210. The maximum atomic E-state index is 2.93. The minimum absolute atomic E-state index is 0.00424. The van der Waals surface area contributed by atoms with Crippen LogP contribution in [0.1, 0.15) is 202 Å². The van der Waals surface area contributed by atoms with Gasteiger partial charge in [0.2, 0.25) is 0 Å². The summed E-state index contributed by atoms with van der Waals surface area (Å²) in [6.45, 7) is 45.2. The zero-order chi connectivity index (χ0) is 63.8. The fourth-order valence-electron chi connectivity index (χ4n) is 16.5. The molecule has 0 spiro atoms. The van der Waals surface area contributed by atoms with Gasteiger partial charge in [-0.25, -0.2) is 0 Å². The van der Waals surface area contributed by atoms with E-state index in [-0.39, 0.29) is 50.2 Å². The molecule has 2 unspecified atom stereocenters. The van der Waals surface area contributed by atoms with E-state index >= 15 is 0 Å². The van der Waals surface area contributed by atoms with Crippen LogP contribution >= 0.6 is 0 Å². The molecule has 9 aromatic rings. The van der Waals surface area contributed by atoms with Gasteiger partial charge in [-0.2, -0.15) is 0 Å². The Morgan fingerprint density at radius 1 is 0.367 bits per heavy atom. The first-order valence-corrected chi connectivity index (χ1v) is 33.7. The molecule has 0 bridgehead atoms. The van der Waals surface area contributed by atoms with E-state index in [0.29, 0.717) is 0 Å². The van der Waals surface area contributed by atoms with E-state index in [1.54, 1.807) is 0 Å². The SMILES string of the molecule is CC(C)(C)c1ccc(N(c2ccc(C(C)(C)C)cc2)c2ccc3c(c2)N(c2cccc4c2-c2ccccc2C4(C)C)c2cc(N(c4ccc(C(C)(C)C)cc4)c4ccc(C(C)(C)C)cc4)cc4c2B3c2cc(C(C)(C)C)cc3c2N4C2(C)CCCCC32C)cc1. The fourth-order valence-corrected chi connectivity index (χ4v) is 16.5. The average molecular weight is 1180 g/mol. The molecule has 0 saturated heterocycles. The lowest BCUT2D eigenvalue weighted by molar-refractivity contribution is 0.195. The van der Waals surface area contributed by atoms with Crippen molar-refractivity contribution in [1.82, 2.24) is 0 Å². The van der Waals surface area contributed by atoms with Gasteiger partial charge in [0.15, 0.2) is 0 Å². The summed E-state index contributed by atoms with van der Waals surface area (Å²) in [6.07, 6.45) is 4.69. The van der Waals surface area contributed by atoms with Crippen molar-refractivity contribution in [3.63, 3.8) is 0 Å². The van der Waals surface area contributed by atoms with Gasteiger partial charge >= 0.3 is 0 Å². The average Bonchev–Trinajstić information content (AvgIpc) is 1.44. The zero-order valence-corrected chi connectivity index (χ0v) is 57.5. The zero-order valence-electron chi connectivity index (χ0n) is 57.5. The number of fused-ring (bicyclic) bond motifs is 10. The topological polar surface area (TPSA) is 13.0 Å². The van der Waals surface area contributed by atoms with E-state index in [2.05, 4.69) is 333 Å². The standard InChI is InChI=1S/C85H95BN4/c1-78(2,3)54-29-37-59(38-30-54)87(60-39-31-55(32-40-60)79(4,5)6)63-45-46-69-72(51-63)89(71-28-24-27-67-75(71)65-25-20-21-26-66(65)83(67,16)17)73-52-64(88(61-41-33-56(34-42-61)80(7,8)9)62-43-35-57(36-44-62)81(10,11)12)53-74-76(73)86(69)70-50-58(82(13,14)15)49-68-77(70)90(74)85(19)48-23-22-47-84(68,85)18/h20-21,24-46,49-53H,22-23,47-48H2,1-19H3. The molecule has 4 nitrogen and oxygen atoms in total. The molecule has 1 saturated carbocycles. The van der Waals surface area contributed by atoms with Crippen molar-refractivity contribution in [2.45, 2.75) is 201 Å². The quantitative estimate of drug-likeness (QED) is 0.147. The largest absolute Gasteiger partial charge is 0.335 e. The third-order valence-corrected chi connectivity index (χ3v) is 22.2. The maximum absolute atomic E-state index is 2.93. The van der Waals surface area contributed by atoms with Crippen LogP contribution in [0.2, 0.25) is 0 Å². The molecule has 5 aliphatic rings. The van der Waals surface area contributed by atoms with E-state index in [1.165, 1.54) is 113 Å². The van der Waals surface area contributed by atoms with Crippen molar-refractivity contribution in [3.05, 3.63) is 226 Å². The van der Waals surface area contributed by atoms with Crippen LogP contribution < -0.4 is 36.0 Å². The van der Waals surface area contributed by atoms with Crippen molar-refractivity contribution >= 4 is 85.7 Å². The lowest BCUT2D eigenvalue weighted by Crippen LogP contribution is -2.64. The Balaban J connectivity index is 1.13. The van der Waals surface area contributed by atoms with Crippen LogP contribution in [0.25, 0.3) is 11.1 Å². The predicted octanol–water partition coefficient (Wildman–Crippen LogP) is 21.8. The molecule has 2 aliphatic carbocycles. The molecule has 0 aromatic heterocycles. The van der Waals surface area contributed by atoms with Crippen LogP contribution in [0.15, 0.2) is 182 Å². The first kappa shape index (κ1) is 59.8. The molecule has 3 aliphatic heterocycles. The van der Waals surface area contributed by atoms with Gasteiger partial charge < -0.3 is 19.6 Å². The van der Waals surface area contributed by atoms with Gasteiger partial charge in [0, 0.05) is 67.6 Å². The predicted molar refractivity (Wildman–Crippen MR) is 389 cm³/mol. The van der Waals surface area contributed by atoms with E-state index in [4.69, 9.17) is 0 Å². The Hall–Kier alpha value is -7.76. The summed E-state index contributed by atoms with van der Waals surface area (Å²) in [5, 5.41) is 0. The highest BCUT2D eigenvalue weighted by atomic mass is 15.3. The van der Waals surface area contributed by atoms with E-state index in [1.807, 2.05) is 0 Å². The molecule has 0 amide bonds. The third-order valence-electron chi connectivity index (χ3n) is 22.2. The monoisotopic (exact) mass is 1180 g/mol. The second kappa shape index (κ2) is 20.1. The summed E-state index contributed by atoms with van der Waals surface area (Å²) in [5.74, 6) is 0. The van der Waals surface area contributed by atoms with Gasteiger partial charge in [0.1, 0.15) is 0 Å². The Morgan fingerprint density at radius 2 is 0.811 bits per heavy atom. The number of nitrogens with zero attached hydrogens (tertiary/aromatic N) is 4. The summed E-state index contributed by atoms with van der Waals surface area (Å²) in [7, 11) is 0. The van der Waals surface area contributed by atoms with Crippen molar-refractivity contribution < 1.29 is 0 Å². The van der Waals surface area contributed by atoms with Crippen molar-refractivity contribution in [3.8, 4) is 11.1 Å². The molecule has 5 heteroatoms. The second-order valence-electron chi connectivity index (χ2n) is 33.5. The maximum Gasteiger partial charge on any atom is 0.252 e. The van der Waals surface area contributed by atoms with Gasteiger partial charge in [0.05, 0.1) is 16.9 Å². The van der Waals surface area contributed by atoms with Gasteiger partial charge in [-0.15, -0.1) is 0 Å². The van der Waals surface area contributed by atoms with Gasteiger partial charge in [-0.05, 0) is 192 Å². The lowest BCUT2D eigenvalue weighted by atomic mass is 9.33. The Morgan fingerprint density at radius 3 is 1.32 bits per heavy atom. The number of hydrogen-bond acceptors (Lipinski definition) is 4. The van der Waals surface area contributed by atoms with E-state index in [9.17, 15) is 0 Å². The first-order valence-electron chi connectivity index (χ1n) is 33.7. The lowest BCUT2D eigenvalue weighted by Gasteiger charge is -2.53. The molecule has 0 N–H and O–H groups in total. The molecule has 458 valence electrons. The molecular weight excluding hydrogens is 1090 g/mol. The number of benzene rings is 9. The third kappa shape index (κ3) is 9.18. The molecule has 90 heavy (non-hydrogen) atoms. The number of hydrogen-bond donors (Lipinski definition) is 0. The molecular formula is C85H95BN4. The van der Waals surface area contributed by atoms with Crippen LogP contribution in [0.5, 0.6) is 0 Å². The second-order valence-corrected chi connectivity index (χ2v) is 33.5. The van der Waals surface area contributed by atoms with Gasteiger partial charge in [0.25, 0.3) is 6.71 Å². The van der Waals surface area contributed by atoms with Crippen LogP contribution in [-0.4, -0.2) is 12.3 Å². The number of anilines is 11. The Kier molecular flexibility index (Phi) is 13.4. The number of rotatable bonds is 7. The van der Waals surface area contributed by atoms with Crippen LogP contribution in [0.4, 0.5) is 62.6 Å². The highest BCUT2D eigenvalue weighted by Gasteiger charge is 2.62. The first-order chi connectivity index (χ1) is 42.3. The summed E-state index contributed by atoms with van der Waals surface area (Å²) < 4.78 is 0. The van der Waals surface area contributed by atoms with Crippen molar-refractivity contribution in [2.24, 2.45) is 0 Å². The highest BCUT2D eigenvalue weighted by Crippen LogP contribution is 2.64. The Labute approximate surface area is 540 Å². The van der Waals surface area contributed by atoms with Crippen LogP contribution in [0.3, 0.4) is 0 Å². The smallest absolute Gasteiger partial charge is 0.252 e. The summed E-state index contributed by atoms with van der Waals surface area (Å²) in [6, 6.07) is 72.3. The minimum Gasteiger partial charge on any atom is -0.335 e. The summed E-state index contributed by atoms with van der Waals surface area (Å²) >= 11 is 0. The summed E-state index contributed by atoms with van der Waals surface area (Å²) in [5.41, 5.74) is 30.4.